The lowest BCUT2D eigenvalue weighted by Gasteiger charge is -2.27. The van der Waals surface area contributed by atoms with Gasteiger partial charge in [-0.25, -0.2) is 9.37 Å². The molecule has 0 bridgehead atoms. The number of rotatable bonds is 5. The fraction of sp³-hybridized carbons (Fsp3) is 0.500. The van der Waals surface area contributed by atoms with Crippen LogP contribution in [0.25, 0.3) is 10.9 Å². The molecule has 0 amide bonds. The first-order valence-electron chi connectivity index (χ1n) is 8.18. The Labute approximate surface area is 131 Å². The molecule has 1 aliphatic heterocycles. The van der Waals surface area contributed by atoms with Gasteiger partial charge >= 0.3 is 0 Å². The van der Waals surface area contributed by atoms with Crippen LogP contribution in [-0.2, 0) is 19.5 Å². The number of pyridine rings is 1. The van der Waals surface area contributed by atoms with Crippen LogP contribution in [0.5, 0.6) is 0 Å². The lowest BCUT2D eigenvalue weighted by Crippen LogP contribution is -2.29. The van der Waals surface area contributed by atoms with Gasteiger partial charge in [0.15, 0.2) is 0 Å². The van der Waals surface area contributed by atoms with Crippen molar-refractivity contribution in [2.45, 2.75) is 39.3 Å². The fourth-order valence-corrected chi connectivity index (χ4v) is 3.17. The zero-order valence-electron chi connectivity index (χ0n) is 13.5. The van der Waals surface area contributed by atoms with Gasteiger partial charge in [0.2, 0.25) is 0 Å². The highest BCUT2D eigenvalue weighted by atomic mass is 19.1. The Balaban J connectivity index is 2.04. The summed E-state index contributed by atoms with van der Waals surface area (Å²) in [6, 6.07) is 5.29. The standard InChI is InChI=1S/C18H24FN3/c1-3-4-9-20-11-14-13-6-5-7-16(19)18(13)21-17-8-10-22(2)12-15(14)17/h5-7,20H,3-4,8-12H2,1-2H3. The van der Waals surface area contributed by atoms with Crippen LogP contribution in [0.1, 0.15) is 36.6 Å². The molecule has 0 saturated heterocycles. The molecular weight excluding hydrogens is 277 g/mol. The van der Waals surface area contributed by atoms with Gasteiger partial charge in [-0.15, -0.1) is 0 Å². The van der Waals surface area contributed by atoms with E-state index in [1.165, 1.54) is 30.0 Å². The summed E-state index contributed by atoms with van der Waals surface area (Å²) in [4.78, 5) is 6.94. The maximum absolute atomic E-state index is 14.2. The highest BCUT2D eigenvalue weighted by Crippen LogP contribution is 2.28. The molecule has 3 nitrogen and oxygen atoms in total. The number of unbranched alkanes of at least 4 members (excludes halogenated alkanes) is 1. The summed E-state index contributed by atoms with van der Waals surface area (Å²) in [6.45, 7) is 5.87. The Morgan fingerprint density at radius 1 is 1.36 bits per heavy atom. The van der Waals surface area contributed by atoms with E-state index in [2.05, 4.69) is 29.2 Å². The Morgan fingerprint density at radius 2 is 2.23 bits per heavy atom. The molecule has 0 spiro atoms. The molecule has 0 aliphatic carbocycles. The van der Waals surface area contributed by atoms with Crippen molar-refractivity contribution in [3.63, 3.8) is 0 Å². The summed E-state index contributed by atoms with van der Waals surface area (Å²) < 4.78 is 14.2. The SMILES string of the molecule is CCCCNCc1c2c(nc3c(F)cccc13)CCN(C)C2. The largest absolute Gasteiger partial charge is 0.313 e. The summed E-state index contributed by atoms with van der Waals surface area (Å²) in [5, 5.41) is 4.47. The second-order valence-corrected chi connectivity index (χ2v) is 6.17. The zero-order chi connectivity index (χ0) is 15.5. The average molecular weight is 301 g/mol. The second kappa shape index (κ2) is 6.71. The van der Waals surface area contributed by atoms with E-state index in [-0.39, 0.29) is 5.82 Å². The summed E-state index contributed by atoms with van der Waals surface area (Å²) in [5.74, 6) is -0.214. The van der Waals surface area contributed by atoms with Crippen LogP contribution < -0.4 is 5.32 Å². The highest BCUT2D eigenvalue weighted by molar-refractivity contribution is 5.84. The van der Waals surface area contributed by atoms with Crippen molar-refractivity contribution in [2.75, 3.05) is 20.1 Å². The van der Waals surface area contributed by atoms with Crippen LogP contribution in [-0.4, -0.2) is 30.0 Å². The van der Waals surface area contributed by atoms with Crippen molar-refractivity contribution < 1.29 is 4.39 Å². The van der Waals surface area contributed by atoms with Crippen LogP contribution in [0, 0.1) is 5.82 Å². The molecule has 0 atom stereocenters. The molecule has 22 heavy (non-hydrogen) atoms. The highest BCUT2D eigenvalue weighted by Gasteiger charge is 2.21. The molecule has 2 heterocycles. The Morgan fingerprint density at radius 3 is 3.05 bits per heavy atom. The normalized spacial score (nSPS) is 15.2. The maximum atomic E-state index is 14.2. The van der Waals surface area contributed by atoms with E-state index in [0.29, 0.717) is 5.52 Å². The number of likely N-dealkylation sites (N-methyl/N-ethyl adjacent to an activating group) is 1. The van der Waals surface area contributed by atoms with Gasteiger partial charge in [-0.05, 0) is 37.2 Å². The first-order chi connectivity index (χ1) is 10.7. The number of aromatic nitrogens is 1. The van der Waals surface area contributed by atoms with Gasteiger partial charge < -0.3 is 10.2 Å². The number of fused-ring (bicyclic) bond motifs is 2. The fourth-order valence-electron chi connectivity index (χ4n) is 3.17. The minimum Gasteiger partial charge on any atom is -0.313 e. The maximum Gasteiger partial charge on any atom is 0.149 e. The molecule has 3 rings (SSSR count). The van der Waals surface area contributed by atoms with Crippen molar-refractivity contribution in [1.29, 1.82) is 0 Å². The van der Waals surface area contributed by atoms with Crippen LogP contribution in [0.2, 0.25) is 0 Å². The van der Waals surface area contributed by atoms with Crippen LogP contribution in [0.3, 0.4) is 0 Å². The zero-order valence-corrected chi connectivity index (χ0v) is 13.5. The number of para-hydroxylation sites is 1. The average Bonchev–Trinajstić information content (AvgIpc) is 2.52. The smallest absolute Gasteiger partial charge is 0.149 e. The van der Waals surface area contributed by atoms with Crippen molar-refractivity contribution in [1.82, 2.24) is 15.2 Å². The Hall–Kier alpha value is -1.52. The van der Waals surface area contributed by atoms with Crippen LogP contribution >= 0.6 is 0 Å². The van der Waals surface area contributed by atoms with Gasteiger partial charge in [0.1, 0.15) is 11.3 Å². The summed E-state index contributed by atoms with van der Waals surface area (Å²) >= 11 is 0. The quantitative estimate of drug-likeness (QED) is 0.859. The summed E-state index contributed by atoms with van der Waals surface area (Å²) in [5.41, 5.74) is 4.11. The Kier molecular flexibility index (Phi) is 4.69. The number of hydrogen-bond donors (Lipinski definition) is 1. The van der Waals surface area contributed by atoms with E-state index < -0.39 is 0 Å². The van der Waals surface area contributed by atoms with Crippen LogP contribution in [0.15, 0.2) is 18.2 Å². The van der Waals surface area contributed by atoms with Gasteiger partial charge in [-0.1, -0.05) is 25.5 Å². The van der Waals surface area contributed by atoms with E-state index in [4.69, 9.17) is 0 Å². The third kappa shape index (κ3) is 2.99. The van der Waals surface area contributed by atoms with Crippen molar-refractivity contribution >= 4 is 10.9 Å². The van der Waals surface area contributed by atoms with E-state index in [1.807, 2.05) is 6.07 Å². The predicted octanol–water partition coefficient (Wildman–Crippen LogP) is 3.25. The van der Waals surface area contributed by atoms with Crippen molar-refractivity contribution in [3.05, 3.63) is 40.8 Å². The molecule has 1 aliphatic rings. The molecule has 0 saturated carbocycles. The van der Waals surface area contributed by atoms with Crippen molar-refractivity contribution in [3.8, 4) is 0 Å². The molecule has 118 valence electrons. The lowest BCUT2D eigenvalue weighted by molar-refractivity contribution is 0.308. The monoisotopic (exact) mass is 301 g/mol. The van der Waals surface area contributed by atoms with Gasteiger partial charge in [-0.2, -0.15) is 0 Å². The number of halogens is 1. The second-order valence-electron chi connectivity index (χ2n) is 6.17. The van der Waals surface area contributed by atoms with Gasteiger partial charge in [0.05, 0.1) is 0 Å². The van der Waals surface area contributed by atoms with E-state index in [9.17, 15) is 4.39 Å². The number of nitrogens with one attached hydrogen (secondary N) is 1. The van der Waals surface area contributed by atoms with E-state index >= 15 is 0 Å². The molecule has 0 fully saturated rings. The van der Waals surface area contributed by atoms with Crippen LogP contribution in [0.4, 0.5) is 4.39 Å². The predicted molar refractivity (Wildman–Crippen MR) is 88.4 cm³/mol. The van der Waals surface area contributed by atoms with E-state index in [1.54, 1.807) is 6.07 Å². The first-order valence-corrected chi connectivity index (χ1v) is 8.18. The number of nitrogens with zero attached hydrogens (tertiary/aromatic N) is 2. The minimum absolute atomic E-state index is 0.214. The van der Waals surface area contributed by atoms with Gasteiger partial charge in [0, 0.05) is 37.1 Å². The molecule has 2 aromatic rings. The third-order valence-corrected chi connectivity index (χ3v) is 4.44. The Bertz CT molecular complexity index is 669. The topological polar surface area (TPSA) is 28.2 Å². The first kappa shape index (κ1) is 15.4. The number of hydrogen-bond acceptors (Lipinski definition) is 3. The number of benzene rings is 1. The molecule has 0 unspecified atom stereocenters. The van der Waals surface area contributed by atoms with Gasteiger partial charge in [-0.3, -0.25) is 0 Å². The molecule has 1 aromatic carbocycles. The van der Waals surface area contributed by atoms with E-state index in [0.717, 1.165) is 43.7 Å². The molecule has 1 aromatic heterocycles. The summed E-state index contributed by atoms with van der Waals surface area (Å²) in [6.07, 6.45) is 3.25. The third-order valence-electron chi connectivity index (χ3n) is 4.44. The van der Waals surface area contributed by atoms with Crippen molar-refractivity contribution in [2.24, 2.45) is 0 Å². The molecular formula is C18H24FN3. The summed E-state index contributed by atoms with van der Waals surface area (Å²) in [7, 11) is 2.13. The lowest BCUT2D eigenvalue weighted by atomic mass is 9.95. The van der Waals surface area contributed by atoms with Gasteiger partial charge in [0.25, 0.3) is 0 Å². The minimum atomic E-state index is -0.214. The molecule has 0 radical (unpaired) electrons. The molecule has 1 N–H and O–H groups in total. The molecule has 4 heteroatoms.